The van der Waals surface area contributed by atoms with E-state index in [1.165, 1.54) is 12.1 Å². The minimum Gasteiger partial charge on any atom is -0.457 e. The van der Waals surface area contributed by atoms with Crippen LogP contribution in [0.5, 0.6) is 0 Å². The molecule has 4 rings (SSSR count). The first-order chi connectivity index (χ1) is 19.7. The Morgan fingerprint density at radius 2 is 1.43 bits per heavy atom. The average molecular weight is 586 g/mol. The number of halogens is 7. The Labute approximate surface area is 239 Å². The van der Waals surface area contributed by atoms with Crippen molar-refractivity contribution in [3.63, 3.8) is 0 Å². The van der Waals surface area contributed by atoms with E-state index < -0.39 is 19.0 Å². The molecule has 0 saturated carbocycles. The highest BCUT2D eigenvalue weighted by molar-refractivity contribution is 6.50. The lowest BCUT2D eigenvalue weighted by molar-refractivity contribution is -0.494. The smallest absolute Gasteiger partial charge is 0.457 e. The van der Waals surface area contributed by atoms with Crippen LogP contribution in [0.3, 0.4) is 0 Å². The summed E-state index contributed by atoms with van der Waals surface area (Å²) in [4.78, 5) is 0. The molecule has 2 aliphatic rings. The molecule has 11 heteroatoms. The first-order valence-corrected chi connectivity index (χ1v) is 12.7. The van der Waals surface area contributed by atoms with Gasteiger partial charge >= 0.3 is 13.4 Å². The van der Waals surface area contributed by atoms with Crippen molar-refractivity contribution >= 4 is 24.3 Å². The van der Waals surface area contributed by atoms with Crippen LogP contribution >= 0.6 is 0 Å². The number of ether oxygens (including phenoxy) is 1. The van der Waals surface area contributed by atoms with Crippen molar-refractivity contribution in [2.45, 2.75) is 19.5 Å². The van der Waals surface area contributed by atoms with Gasteiger partial charge in [-0.15, -0.1) is 0 Å². The number of nitrogens with zero attached hydrogens (tertiary/aromatic N) is 2. The summed E-state index contributed by atoms with van der Waals surface area (Å²) in [6.45, 7) is 2.66. The molecule has 0 bridgehead atoms. The van der Waals surface area contributed by atoms with Gasteiger partial charge in [-0.05, 0) is 66.1 Å². The molecule has 0 amide bonds. The normalized spacial score (nSPS) is 15.7. The van der Waals surface area contributed by atoms with E-state index in [1.54, 1.807) is 0 Å². The zero-order valence-electron chi connectivity index (χ0n) is 22.7. The summed E-state index contributed by atoms with van der Waals surface area (Å²) >= 11 is 0. The molecule has 2 aromatic rings. The third-order valence-electron chi connectivity index (χ3n) is 6.03. The number of hydrogen-bond acceptors (Lipinski definition) is 2. The van der Waals surface area contributed by atoms with Crippen LogP contribution in [-0.4, -0.2) is 31.1 Å². The molecule has 218 valence electrons. The maximum absolute atomic E-state index is 13.1. The van der Waals surface area contributed by atoms with Gasteiger partial charge in [0, 0.05) is 17.7 Å². The first-order valence-electron chi connectivity index (χ1n) is 12.7. The highest BCUT2D eigenvalue weighted by Gasteiger charge is 2.30. The Morgan fingerprint density at radius 1 is 0.857 bits per heavy atom. The molecule has 0 spiro atoms. The Bertz CT molecular complexity index is 1510. The molecule has 42 heavy (non-hydrogen) atoms. The summed E-state index contributed by atoms with van der Waals surface area (Å²) in [6.07, 6.45) is 11.5. The number of alkyl halides is 3. The number of rotatable bonds is 5. The molecule has 2 aromatic carbocycles. The summed E-state index contributed by atoms with van der Waals surface area (Å²) in [5.74, 6) is 1.19. The van der Waals surface area contributed by atoms with Crippen LogP contribution in [0.25, 0.3) is 11.3 Å². The zero-order valence-corrected chi connectivity index (χ0v) is 22.7. The fourth-order valence-electron chi connectivity index (χ4n) is 3.85. The maximum Gasteiger partial charge on any atom is 0.673 e. The van der Waals surface area contributed by atoms with Crippen molar-refractivity contribution in [1.29, 1.82) is 5.26 Å². The number of allylic oxidation sites excluding steroid dienone is 10. The van der Waals surface area contributed by atoms with Gasteiger partial charge in [-0.1, -0.05) is 48.0 Å². The Balaban J connectivity index is 0.000000892. The molecule has 0 aromatic heterocycles. The molecule has 1 heterocycles. The van der Waals surface area contributed by atoms with Gasteiger partial charge in [-0.2, -0.15) is 18.4 Å². The van der Waals surface area contributed by atoms with Crippen LogP contribution in [0.15, 0.2) is 108 Å². The third-order valence-corrected chi connectivity index (χ3v) is 6.03. The summed E-state index contributed by atoms with van der Waals surface area (Å²) in [7, 11) is -4.06. The van der Waals surface area contributed by atoms with E-state index in [-0.39, 0.29) is 0 Å². The quantitative estimate of drug-likeness (QED) is 0.200. The van der Waals surface area contributed by atoms with Crippen molar-refractivity contribution < 1.29 is 39.7 Å². The number of nitriles is 1. The van der Waals surface area contributed by atoms with E-state index in [0.29, 0.717) is 30.0 Å². The average Bonchev–Trinajstić information content (AvgIpc) is 2.94. The molecule has 0 N–H and O–H groups in total. The fourth-order valence-corrected chi connectivity index (χ4v) is 3.85. The molecular weight excluding hydrogens is 560 g/mol. The predicted octanol–water partition coefficient (Wildman–Crippen LogP) is 8.70. The van der Waals surface area contributed by atoms with Crippen LogP contribution in [-0.2, 0) is 10.9 Å². The lowest BCUT2D eigenvalue weighted by atomic mass is 9.99. The molecule has 1 aliphatic carbocycles. The van der Waals surface area contributed by atoms with E-state index in [9.17, 15) is 30.4 Å². The van der Waals surface area contributed by atoms with Crippen molar-refractivity contribution in [3.8, 4) is 6.07 Å². The monoisotopic (exact) mass is 586 g/mol. The minimum absolute atomic E-state index is 0.457. The fraction of sp³-hybridized carbons (Fsp3) is 0.161. The molecule has 0 fully saturated rings. The molecular formula is C31H26BF7N2O. The van der Waals surface area contributed by atoms with Crippen LogP contribution < -0.4 is 0 Å². The van der Waals surface area contributed by atoms with Gasteiger partial charge in [-0.25, -0.2) is 4.58 Å². The Kier molecular flexibility index (Phi) is 10.5. The minimum atomic E-state index is -6.00. The molecule has 0 unspecified atom stereocenters. The van der Waals surface area contributed by atoms with Crippen molar-refractivity contribution in [2.75, 3.05) is 13.6 Å². The van der Waals surface area contributed by atoms with Crippen molar-refractivity contribution in [1.82, 2.24) is 0 Å². The molecule has 3 nitrogen and oxygen atoms in total. The number of aryl methyl sites for hydroxylation is 1. The van der Waals surface area contributed by atoms with E-state index >= 15 is 0 Å². The second kappa shape index (κ2) is 13.9. The highest BCUT2D eigenvalue weighted by atomic mass is 19.5. The number of hydrogen-bond donors (Lipinski definition) is 0. The third kappa shape index (κ3) is 10.1. The summed E-state index contributed by atoms with van der Waals surface area (Å²) < 4.78 is 86.3. The standard InChI is InChI=1S/C31H26F3N2O.BF4/c1-22-4-9-25(10-5-22)30-21-26(24-11-13-27(14-12-24)31(32,33)34)20-29(37-30)17-8-23-6-15-28(16-7-23)36(2)19-3-18-35;2-1(3,4)5/h4-17,20-21H,3,19H2,1-2H3;/q+1;-1. The van der Waals surface area contributed by atoms with Gasteiger partial charge in [0.2, 0.25) is 0 Å². The van der Waals surface area contributed by atoms with Crippen LogP contribution in [0.1, 0.15) is 28.7 Å². The summed E-state index contributed by atoms with van der Waals surface area (Å²) in [5, 5.41) is 8.79. The second-order valence-electron chi connectivity index (χ2n) is 9.30. The predicted molar refractivity (Wildman–Crippen MR) is 151 cm³/mol. The summed E-state index contributed by atoms with van der Waals surface area (Å²) in [6, 6.07) is 15.2. The van der Waals surface area contributed by atoms with Gasteiger partial charge < -0.3 is 22.0 Å². The van der Waals surface area contributed by atoms with E-state index in [2.05, 4.69) is 6.07 Å². The van der Waals surface area contributed by atoms with Gasteiger partial charge in [0.1, 0.15) is 18.6 Å². The first kappa shape index (κ1) is 31.9. The van der Waals surface area contributed by atoms with E-state index in [0.717, 1.165) is 40.1 Å². The maximum atomic E-state index is 13.1. The highest BCUT2D eigenvalue weighted by Crippen LogP contribution is 2.34. The van der Waals surface area contributed by atoms with Gasteiger partial charge in [0.25, 0.3) is 0 Å². The summed E-state index contributed by atoms with van der Waals surface area (Å²) in [5.41, 5.74) is 4.70. The largest absolute Gasteiger partial charge is 0.673 e. The molecule has 1 aliphatic heterocycles. The lowest BCUT2D eigenvalue weighted by Crippen LogP contribution is -2.16. The SMILES string of the molecule is Cc1ccc(C2=CC(c3ccc(C(F)(F)F)cc3)=CC(=CC=C3C=CC(=[N+](C)CCC#N)C=C3)O2)cc1.F[B-](F)(F)F. The lowest BCUT2D eigenvalue weighted by Gasteiger charge is -2.19. The van der Waals surface area contributed by atoms with E-state index in [4.69, 9.17) is 10.00 Å². The number of benzene rings is 2. The van der Waals surface area contributed by atoms with Gasteiger partial charge in [0.05, 0.1) is 18.1 Å². The molecule has 0 saturated heterocycles. The van der Waals surface area contributed by atoms with Crippen molar-refractivity contribution in [2.24, 2.45) is 0 Å². The van der Waals surface area contributed by atoms with Gasteiger partial charge in [-0.3, -0.25) is 0 Å². The molecule has 0 atom stereocenters. The zero-order chi connectivity index (χ0) is 30.9. The topological polar surface area (TPSA) is 36.0 Å². The van der Waals surface area contributed by atoms with Crippen molar-refractivity contribution in [3.05, 3.63) is 131 Å². The Hall–Kier alpha value is -4.59. The van der Waals surface area contributed by atoms with Crippen LogP contribution in [0, 0.1) is 18.3 Å². The Morgan fingerprint density at radius 3 is 1.98 bits per heavy atom. The van der Waals surface area contributed by atoms with Crippen LogP contribution in [0.4, 0.5) is 30.4 Å². The second-order valence-corrected chi connectivity index (χ2v) is 9.30. The molecule has 0 radical (unpaired) electrons. The van der Waals surface area contributed by atoms with Gasteiger partial charge in [0.15, 0.2) is 12.3 Å². The van der Waals surface area contributed by atoms with Crippen LogP contribution in [0.2, 0.25) is 0 Å². The van der Waals surface area contributed by atoms with E-state index in [1.807, 2.05) is 91.4 Å².